The van der Waals surface area contributed by atoms with Gasteiger partial charge in [0.15, 0.2) is 0 Å². The van der Waals surface area contributed by atoms with Gasteiger partial charge >= 0.3 is 0 Å². The smallest absolute Gasteiger partial charge is 0.132 e. The lowest BCUT2D eigenvalue weighted by atomic mass is 10.2. The van der Waals surface area contributed by atoms with Gasteiger partial charge in [-0.3, -0.25) is 9.36 Å². The van der Waals surface area contributed by atoms with Crippen molar-refractivity contribution in [2.45, 2.75) is 33.9 Å². The summed E-state index contributed by atoms with van der Waals surface area (Å²) in [6.45, 7) is 8.81. The average molecular weight is 296 g/mol. The molecule has 0 radical (unpaired) electrons. The first-order valence-electron chi connectivity index (χ1n) is 6.88. The molecule has 5 nitrogen and oxygen atoms in total. The maximum absolute atomic E-state index is 6.24. The van der Waals surface area contributed by atoms with Crippen LogP contribution in [0.25, 0.3) is 0 Å². The first kappa shape index (κ1) is 15.1. The zero-order valence-corrected chi connectivity index (χ0v) is 13.3. The molecule has 2 aromatic heterocycles. The van der Waals surface area contributed by atoms with Crippen LogP contribution in [0.5, 0.6) is 0 Å². The molecular formula is C14H22ClN5. The van der Waals surface area contributed by atoms with Gasteiger partial charge in [0.05, 0.1) is 17.9 Å². The van der Waals surface area contributed by atoms with Crippen LogP contribution in [0, 0.1) is 12.8 Å². The van der Waals surface area contributed by atoms with E-state index < -0.39 is 0 Å². The first-order valence-corrected chi connectivity index (χ1v) is 7.26. The van der Waals surface area contributed by atoms with E-state index in [2.05, 4.69) is 29.4 Å². The topological polar surface area (TPSA) is 47.7 Å². The normalized spacial score (nSPS) is 11.5. The summed E-state index contributed by atoms with van der Waals surface area (Å²) in [4.78, 5) is 0. The van der Waals surface area contributed by atoms with Crippen molar-refractivity contribution in [2.75, 3.05) is 6.54 Å². The highest BCUT2D eigenvalue weighted by atomic mass is 35.5. The second kappa shape index (κ2) is 6.41. The minimum absolute atomic E-state index is 0.647. The van der Waals surface area contributed by atoms with E-state index in [0.29, 0.717) is 17.6 Å². The Morgan fingerprint density at radius 1 is 1.35 bits per heavy atom. The second-order valence-electron chi connectivity index (χ2n) is 5.51. The van der Waals surface area contributed by atoms with Crippen molar-refractivity contribution in [1.29, 1.82) is 0 Å². The molecule has 0 aliphatic carbocycles. The molecule has 0 aliphatic heterocycles. The standard InChI is InChI=1S/C14H22ClN5/c1-10(2)7-16-8-12-5-6-20(18-12)9-13-11(3)17-19(4)14(13)15/h5-6,10,16H,7-9H2,1-4H3. The summed E-state index contributed by atoms with van der Waals surface area (Å²) in [5, 5.41) is 12.9. The van der Waals surface area contributed by atoms with Crippen molar-refractivity contribution in [3.63, 3.8) is 0 Å². The van der Waals surface area contributed by atoms with E-state index in [4.69, 9.17) is 11.6 Å². The lowest BCUT2D eigenvalue weighted by Gasteiger charge is -2.05. The molecule has 20 heavy (non-hydrogen) atoms. The Morgan fingerprint density at radius 3 is 2.70 bits per heavy atom. The fraction of sp³-hybridized carbons (Fsp3) is 0.571. The van der Waals surface area contributed by atoms with Gasteiger partial charge in [-0.1, -0.05) is 25.4 Å². The van der Waals surface area contributed by atoms with Crippen molar-refractivity contribution in [1.82, 2.24) is 24.9 Å². The van der Waals surface area contributed by atoms with Gasteiger partial charge in [-0.05, 0) is 25.5 Å². The Hall–Kier alpha value is -1.33. The molecule has 2 rings (SSSR count). The maximum atomic E-state index is 6.24. The third-order valence-electron chi connectivity index (χ3n) is 3.14. The third kappa shape index (κ3) is 3.61. The molecule has 0 saturated carbocycles. The van der Waals surface area contributed by atoms with Crippen LogP contribution in [-0.2, 0) is 20.1 Å². The Morgan fingerprint density at radius 2 is 2.10 bits per heavy atom. The molecule has 0 fully saturated rings. The minimum atomic E-state index is 0.647. The first-order chi connectivity index (χ1) is 9.47. The lowest BCUT2D eigenvalue weighted by Crippen LogP contribution is -2.19. The monoisotopic (exact) mass is 295 g/mol. The van der Waals surface area contributed by atoms with E-state index in [1.165, 1.54) is 0 Å². The van der Waals surface area contributed by atoms with E-state index in [9.17, 15) is 0 Å². The van der Waals surface area contributed by atoms with Gasteiger partial charge < -0.3 is 5.32 Å². The predicted octanol–water partition coefficient (Wildman–Crippen LogP) is 2.37. The molecule has 0 aromatic carbocycles. The van der Waals surface area contributed by atoms with Crippen LogP contribution in [0.1, 0.15) is 30.8 Å². The summed E-state index contributed by atoms with van der Waals surface area (Å²) in [5.41, 5.74) is 3.02. The van der Waals surface area contributed by atoms with Gasteiger partial charge in [-0.15, -0.1) is 0 Å². The molecule has 0 atom stereocenters. The van der Waals surface area contributed by atoms with Gasteiger partial charge in [-0.2, -0.15) is 10.2 Å². The summed E-state index contributed by atoms with van der Waals surface area (Å²) in [6.07, 6.45) is 1.98. The Balaban J connectivity index is 1.99. The second-order valence-corrected chi connectivity index (χ2v) is 5.87. The molecule has 6 heteroatoms. The molecule has 2 aromatic rings. The number of hydrogen-bond donors (Lipinski definition) is 1. The van der Waals surface area contributed by atoms with Crippen molar-refractivity contribution >= 4 is 11.6 Å². The van der Waals surface area contributed by atoms with Crippen molar-refractivity contribution in [3.05, 3.63) is 34.4 Å². The molecule has 1 N–H and O–H groups in total. The Labute approximate surface area is 124 Å². The largest absolute Gasteiger partial charge is 0.311 e. The summed E-state index contributed by atoms with van der Waals surface area (Å²) in [6, 6.07) is 2.03. The fourth-order valence-electron chi connectivity index (χ4n) is 2.09. The fourth-order valence-corrected chi connectivity index (χ4v) is 2.32. The van der Waals surface area contributed by atoms with Crippen LogP contribution >= 0.6 is 11.6 Å². The van der Waals surface area contributed by atoms with Gasteiger partial charge in [0.1, 0.15) is 5.15 Å². The maximum Gasteiger partial charge on any atom is 0.132 e. The SMILES string of the molecule is Cc1nn(C)c(Cl)c1Cn1ccc(CNCC(C)C)n1. The highest BCUT2D eigenvalue weighted by molar-refractivity contribution is 6.30. The van der Waals surface area contributed by atoms with Crippen LogP contribution in [0.15, 0.2) is 12.3 Å². The Bertz CT molecular complexity index is 570. The summed E-state index contributed by atoms with van der Waals surface area (Å²) < 4.78 is 3.60. The number of halogens is 1. The van der Waals surface area contributed by atoms with E-state index in [1.54, 1.807) is 4.68 Å². The highest BCUT2D eigenvalue weighted by Crippen LogP contribution is 2.19. The number of aromatic nitrogens is 4. The molecule has 0 unspecified atom stereocenters. The molecular weight excluding hydrogens is 274 g/mol. The van der Waals surface area contributed by atoms with Gasteiger partial charge in [0.2, 0.25) is 0 Å². The van der Waals surface area contributed by atoms with E-state index >= 15 is 0 Å². The van der Waals surface area contributed by atoms with Crippen LogP contribution in [0.2, 0.25) is 5.15 Å². The van der Waals surface area contributed by atoms with E-state index in [1.807, 2.05) is 30.9 Å². The zero-order valence-electron chi connectivity index (χ0n) is 12.5. The van der Waals surface area contributed by atoms with E-state index in [-0.39, 0.29) is 0 Å². The predicted molar refractivity (Wildman–Crippen MR) is 80.8 cm³/mol. The minimum Gasteiger partial charge on any atom is -0.311 e. The summed E-state index contributed by atoms with van der Waals surface area (Å²) in [5.74, 6) is 0.647. The molecule has 0 bridgehead atoms. The molecule has 110 valence electrons. The lowest BCUT2D eigenvalue weighted by molar-refractivity contribution is 0.543. The molecule has 0 spiro atoms. The van der Waals surface area contributed by atoms with Crippen LogP contribution in [0.3, 0.4) is 0 Å². The van der Waals surface area contributed by atoms with Gasteiger partial charge in [0, 0.05) is 25.4 Å². The molecule has 0 saturated heterocycles. The Kier molecular flexibility index (Phi) is 4.83. The number of nitrogens with zero attached hydrogens (tertiary/aromatic N) is 4. The number of nitrogens with one attached hydrogen (secondary N) is 1. The number of rotatable bonds is 6. The van der Waals surface area contributed by atoms with Crippen molar-refractivity contribution in [3.8, 4) is 0 Å². The molecule has 2 heterocycles. The number of aryl methyl sites for hydroxylation is 2. The quantitative estimate of drug-likeness (QED) is 0.890. The third-order valence-corrected chi connectivity index (χ3v) is 3.62. The van der Waals surface area contributed by atoms with Gasteiger partial charge in [0.25, 0.3) is 0 Å². The van der Waals surface area contributed by atoms with Crippen LogP contribution in [-0.4, -0.2) is 26.1 Å². The number of hydrogen-bond acceptors (Lipinski definition) is 3. The van der Waals surface area contributed by atoms with E-state index in [0.717, 1.165) is 30.0 Å². The molecule has 0 aliphatic rings. The molecule has 0 amide bonds. The summed E-state index contributed by atoms with van der Waals surface area (Å²) in [7, 11) is 1.85. The van der Waals surface area contributed by atoms with Crippen molar-refractivity contribution < 1.29 is 0 Å². The zero-order chi connectivity index (χ0) is 14.7. The van der Waals surface area contributed by atoms with Crippen molar-refractivity contribution in [2.24, 2.45) is 13.0 Å². The van der Waals surface area contributed by atoms with Crippen LogP contribution < -0.4 is 5.32 Å². The summed E-state index contributed by atoms with van der Waals surface area (Å²) >= 11 is 6.24. The van der Waals surface area contributed by atoms with Gasteiger partial charge in [-0.25, -0.2) is 0 Å². The average Bonchev–Trinajstić information content (AvgIpc) is 2.90. The highest BCUT2D eigenvalue weighted by Gasteiger charge is 2.12. The van der Waals surface area contributed by atoms with Crippen LogP contribution in [0.4, 0.5) is 0 Å².